The number of carboxylic acid groups (broad SMARTS) is 1. The Morgan fingerprint density at radius 3 is 2.95 bits per heavy atom. The van der Waals surface area contributed by atoms with Crippen LogP contribution in [0, 0.1) is 6.92 Å². The third-order valence-corrected chi connectivity index (χ3v) is 3.46. The molecule has 114 valence electrons. The lowest BCUT2D eigenvalue weighted by Gasteiger charge is -2.32. The summed E-state index contributed by atoms with van der Waals surface area (Å²) >= 11 is 5.85. The molecule has 1 amide bonds. The molecular formula is C14H16ClNO5. The van der Waals surface area contributed by atoms with E-state index in [1.54, 1.807) is 18.2 Å². The first-order valence-electron chi connectivity index (χ1n) is 6.48. The Kier molecular flexibility index (Phi) is 5.03. The van der Waals surface area contributed by atoms with Crippen molar-refractivity contribution in [1.29, 1.82) is 0 Å². The van der Waals surface area contributed by atoms with Crippen molar-refractivity contribution in [2.75, 3.05) is 26.4 Å². The number of morpholine rings is 1. The maximum Gasteiger partial charge on any atom is 0.328 e. The summed E-state index contributed by atoms with van der Waals surface area (Å²) < 4.78 is 10.5. The summed E-state index contributed by atoms with van der Waals surface area (Å²) in [7, 11) is 0. The molecule has 2 rings (SSSR count). The summed E-state index contributed by atoms with van der Waals surface area (Å²) in [6.45, 7) is 2.18. The van der Waals surface area contributed by atoms with E-state index in [-0.39, 0.29) is 25.7 Å². The van der Waals surface area contributed by atoms with Gasteiger partial charge in [-0.3, -0.25) is 4.79 Å². The Hall–Kier alpha value is -1.79. The highest BCUT2D eigenvalue weighted by atomic mass is 35.5. The predicted octanol–water partition coefficient (Wildman–Crippen LogP) is 1.34. The van der Waals surface area contributed by atoms with Gasteiger partial charge in [-0.1, -0.05) is 11.6 Å². The molecule has 1 aliphatic heterocycles. The van der Waals surface area contributed by atoms with Crippen LogP contribution in [0.15, 0.2) is 18.2 Å². The first-order valence-corrected chi connectivity index (χ1v) is 6.86. The zero-order valence-electron chi connectivity index (χ0n) is 11.5. The maximum atomic E-state index is 12.1. The second-order valence-electron chi connectivity index (χ2n) is 4.71. The molecule has 0 spiro atoms. The summed E-state index contributed by atoms with van der Waals surface area (Å²) in [6, 6.07) is 4.12. The molecule has 0 bridgehead atoms. The monoisotopic (exact) mass is 313 g/mol. The van der Waals surface area contributed by atoms with E-state index in [2.05, 4.69) is 0 Å². The number of amides is 1. The van der Waals surface area contributed by atoms with Crippen LogP contribution in [0.5, 0.6) is 5.75 Å². The Bertz CT molecular complexity index is 548. The van der Waals surface area contributed by atoms with Gasteiger partial charge in [0.05, 0.1) is 13.2 Å². The topological polar surface area (TPSA) is 76.1 Å². The molecule has 6 nitrogen and oxygen atoms in total. The van der Waals surface area contributed by atoms with Gasteiger partial charge < -0.3 is 19.5 Å². The molecule has 1 atom stereocenters. The van der Waals surface area contributed by atoms with Gasteiger partial charge in [0, 0.05) is 11.6 Å². The van der Waals surface area contributed by atoms with Crippen LogP contribution in [0.1, 0.15) is 5.56 Å². The molecule has 0 unspecified atom stereocenters. The molecular weight excluding hydrogens is 298 g/mol. The zero-order valence-corrected chi connectivity index (χ0v) is 12.3. The molecule has 1 N–H and O–H groups in total. The van der Waals surface area contributed by atoms with E-state index in [9.17, 15) is 9.59 Å². The van der Waals surface area contributed by atoms with Crippen LogP contribution in [0.3, 0.4) is 0 Å². The number of rotatable bonds is 4. The molecule has 21 heavy (non-hydrogen) atoms. The average Bonchev–Trinajstić information content (AvgIpc) is 2.46. The van der Waals surface area contributed by atoms with E-state index in [0.717, 1.165) is 5.56 Å². The Balaban J connectivity index is 1.98. The van der Waals surface area contributed by atoms with E-state index < -0.39 is 12.0 Å². The second-order valence-corrected chi connectivity index (χ2v) is 5.15. The van der Waals surface area contributed by atoms with E-state index in [0.29, 0.717) is 17.4 Å². The van der Waals surface area contributed by atoms with Gasteiger partial charge >= 0.3 is 5.97 Å². The third kappa shape index (κ3) is 3.86. The van der Waals surface area contributed by atoms with Crippen molar-refractivity contribution in [3.8, 4) is 5.75 Å². The second kappa shape index (κ2) is 6.78. The number of carbonyl (C=O) groups is 2. The number of halogens is 1. The van der Waals surface area contributed by atoms with Gasteiger partial charge in [-0.15, -0.1) is 0 Å². The molecule has 0 radical (unpaired) electrons. The van der Waals surface area contributed by atoms with Crippen molar-refractivity contribution in [3.63, 3.8) is 0 Å². The number of aryl methyl sites for hydroxylation is 1. The number of carbonyl (C=O) groups excluding carboxylic acids is 1. The van der Waals surface area contributed by atoms with Crippen molar-refractivity contribution in [3.05, 3.63) is 28.8 Å². The van der Waals surface area contributed by atoms with Crippen molar-refractivity contribution < 1.29 is 24.2 Å². The highest BCUT2D eigenvalue weighted by Crippen LogP contribution is 2.22. The van der Waals surface area contributed by atoms with Crippen LogP contribution in [-0.2, 0) is 14.3 Å². The van der Waals surface area contributed by atoms with Crippen LogP contribution >= 0.6 is 11.6 Å². The van der Waals surface area contributed by atoms with Crippen LogP contribution < -0.4 is 4.74 Å². The number of carboxylic acids is 1. The van der Waals surface area contributed by atoms with Crippen molar-refractivity contribution in [2.45, 2.75) is 13.0 Å². The van der Waals surface area contributed by atoms with Crippen LogP contribution in [0.25, 0.3) is 0 Å². The molecule has 1 fully saturated rings. The summed E-state index contributed by atoms with van der Waals surface area (Å²) in [4.78, 5) is 24.5. The highest BCUT2D eigenvalue weighted by molar-refractivity contribution is 6.30. The van der Waals surface area contributed by atoms with E-state index in [4.69, 9.17) is 26.2 Å². The van der Waals surface area contributed by atoms with Gasteiger partial charge in [0.15, 0.2) is 12.6 Å². The average molecular weight is 314 g/mol. The number of nitrogens with zero attached hydrogens (tertiary/aromatic N) is 1. The molecule has 0 aliphatic carbocycles. The van der Waals surface area contributed by atoms with Crippen molar-refractivity contribution in [2.24, 2.45) is 0 Å². The fourth-order valence-electron chi connectivity index (χ4n) is 2.10. The summed E-state index contributed by atoms with van der Waals surface area (Å²) in [5, 5.41) is 9.68. The van der Waals surface area contributed by atoms with Gasteiger partial charge in [-0.25, -0.2) is 4.79 Å². The van der Waals surface area contributed by atoms with Gasteiger partial charge in [0.2, 0.25) is 0 Å². The highest BCUT2D eigenvalue weighted by Gasteiger charge is 2.32. The molecule has 1 aromatic rings. The third-order valence-electron chi connectivity index (χ3n) is 3.22. The lowest BCUT2D eigenvalue weighted by molar-refractivity contribution is -0.159. The predicted molar refractivity (Wildman–Crippen MR) is 75.6 cm³/mol. The zero-order chi connectivity index (χ0) is 15.4. The Labute approximate surface area is 127 Å². The van der Waals surface area contributed by atoms with Gasteiger partial charge in [0.1, 0.15) is 5.75 Å². The molecule has 1 aliphatic rings. The molecule has 0 saturated carbocycles. The largest absolute Gasteiger partial charge is 0.483 e. The Morgan fingerprint density at radius 2 is 2.29 bits per heavy atom. The standard InChI is InChI=1S/C14H16ClNO5/c1-9-6-10(15)2-3-12(9)21-8-13(17)16-4-5-20-7-11(16)14(18)19/h2-3,6,11H,4-5,7-8H2,1H3,(H,18,19)/t11-/m1/s1. The Morgan fingerprint density at radius 1 is 1.52 bits per heavy atom. The SMILES string of the molecule is Cc1cc(Cl)ccc1OCC(=O)N1CCOC[C@@H]1C(=O)O. The van der Waals surface area contributed by atoms with E-state index >= 15 is 0 Å². The minimum Gasteiger partial charge on any atom is -0.483 e. The lowest BCUT2D eigenvalue weighted by atomic mass is 10.2. The fraction of sp³-hybridized carbons (Fsp3) is 0.429. The van der Waals surface area contributed by atoms with Gasteiger partial charge in [-0.05, 0) is 30.7 Å². The van der Waals surface area contributed by atoms with Crippen LogP contribution in [-0.4, -0.2) is 54.3 Å². The van der Waals surface area contributed by atoms with E-state index in [1.807, 2.05) is 6.92 Å². The lowest BCUT2D eigenvalue weighted by Crippen LogP contribution is -2.53. The van der Waals surface area contributed by atoms with E-state index in [1.165, 1.54) is 4.90 Å². The number of hydrogen-bond acceptors (Lipinski definition) is 4. The molecule has 7 heteroatoms. The van der Waals surface area contributed by atoms with Gasteiger partial charge in [0.25, 0.3) is 5.91 Å². The quantitative estimate of drug-likeness (QED) is 0.908. The first-order chi connectivity index (χ1) is 9.99. The van der Waals surface area contributed by atoms with Gasteiger partial charge in [-0.2, -0.15) is 0 Å². The maximum absolute atomic E-state index is 12.1. The molecule has 1 heterocycles. The summed E-state index contributed by atoms with van der Waals surface area (Å²) in [6.07, 6.45) is 0. The van der Waals surface area contributed by atoms with Crippen LogP contribution in [0.4, 0.5) is 0 Å². The number of hydrogen-bond donors (Lipinski definition) is 1. The molecule has 0 aromatic heterocycles. The number of benzene rings is 1. The normalized spacial score (nSPS) is 18.4. The minimum atomic E-state index is -1.08. The first kappa shape index (κ1) is 15.6. The fourth-order valence-corrected chi connectivity index (χ4v) is 2.33. The van der Waals surface area contributed by atoms with Crippen molar-refractivity contribution >= 4 is 23.5 Å². The minimum absolute atomic E-state index is 0.00104. The molecule has 1 saturated heterocycles. The summed E-state index contributed by atoms with van der Waals surface area (Å²) in [5.41, 5.74) is 0.812. The number of aliphatic carboxylic acids is 1. The summed E-state index contributed by atoms with van der Waals surface area (Å²) in [5.74, 6) is -0.904. The number of ether oxygens (including phenoxy) is 2. The molecule has 1 aromatic carbocycles. The smallest absolute Gasteiger partial charge is 0.328 e. The van der Waals surface area contributed by atoms with Crippen LogP contribution in [0.2, 0.25) is 5.02 Å². The van der Waals surface area contributed by atoms with Crippen molar-refractivity contribution in [1.82, 2.24) is 4.90 Å².